The number of hydrogen-bond acceptors (Lipinski definition) is 5. The molecule has 0 amide bonds. The van der Waals surface area contributed by atoms with Crippen LogP contribution in [-0.2, 0) is 6.54 Å². The standard InChI is InChI=1S/C12H16BrN5O/c1-3-18-12(15-7-16-18)11(17-14)9-6-8(19-2)4-5-10(9)13/h4-7,11,17H,3,14H2,1-2H3. The molecule has 1 heterocycles. The summed E-state index contributed by atoms with van der Waals surface area (Å²) in [6, 6.07) is 5.46. The van der Waals surface area contributed by atoms with Crippen LogP contribution in [0.15, 0.2) is 29.0 Å². The molecular weight excluding hydrogens is 310 g/mol. The molecule has 0 fully saturated rings. The van der Waals surface area contributed by atoms with Gasteiger partial charge in [-0.15, -0.1) is 0 Å². The lowest BCUT2D eigenvalue weighted by atomic mass is 10.1. The Bertz CT molecular complexity index is 557. The third-order valence-corrected chi connectivity index (χ3v) is 3.61. The number of ether oxygens (including phenoxy) is 1. The minimum atomic E-state index is -0.257. The van der Waals surface area contributed by atoms with E-state index >= 15 is 0 Å². The van der Waals surface area contributed by atoms with Gasteiger partial charge in [-0.25, -0.2) is 15.1 Å². The van der Waals surface area contributed by atoms with Gasteiger partial charge in [0.2, 0.25) is 0 Å². The molecule has 6 nitrogen and oxygen atoms in total. The zero-order valence-corrected chi connectivity index (χ0v) is 12.4. The van der Waals surface area contributed by atoms with E-state index in [1.54, 1.807) is 11.8 Å². The van der Waals surface area contributed by atoms with Gasteiger partial charge >= 0.3 is 0 Å². The predicted octanol–water partition coefficient (Wildman–Crippen LogP) is 1.62. The first-order valence-electron chi connectivity index (χ1n) is 5.88. The second-order valence-corrected chi connectivity index (χ2v) is 4.78. The van der Waals surface area contributed by atoms with E-state index in [1.807, 2.05) is 25.1 Å². The lowest BCUT2D eigenvalue weighted by molar-refractivity contribution is 0.413. The first-order chi connectivity index (χ1) is 9.21. The normalized spacial score (nSPS) is 12.4. The lowest BCUT2D eigenvalue weighted by Gasteiger charge is -2.18. The summed E-state index contributed by atoms with van der Waals surface area (Å²) in [5, 5.41) is 4.16. The molecule has 0 spiro atoms. The van der Waals surface area contributed by atoms with Crippen molar-refractivity contribution in [3.63, 3.8) is 0 Å². The molecule has 0 radical (unpaired) electrons. The number of methoxy groups -OCH3 is 1. The quantitative estimate of drug-likeness (QED) is 0.645. The molecule has 1 atom stereocenters. The molecule has 19 heavy (non-hydrogen) atoms. The SMILES string of the molecule is CCn1ncnc1C(NN)c1cc(OC)ccc1Br. The fourth-order valence-electron chi connectivity index (χ4n) is 1.91. The van der Waals surface area contributed by atoms with E-state index in [0.717, 1.165) is 28.2 Å². The molecule has 0 bridgehead atoms. The summed E-state index contributed by atoms with van der Waals surface area (Å²) in [7, 11) is 1.63. The van der Waals surface area contributed by atoms with Crippen LogP contribution in [0.5, 0.6) is 5.75 Å². The first kappa shape index (κ1) is 14.0. The van der Waals surface area contributed by atoms with Gasteiger partial charge in [0.25, 0.3) is 0 Å². The first-order valence-corrected chi connectivity index (χ1v) is 6.67. The molecule has 2 aromatic rings. The zero-order valence-electron chi connectivity index (χ0n) is 10.8. The maximum atomic E-state index is 5.69. The van der Waals surface area contributed by atoms with Crippen molar-refractivity contribution in [2.24, 2.45) is 5.84 Å². The van der Waals surface area contributed by atoms with Crippen molar-refractivity contribution in [1.29, 1.82) is 0 Å². The van der Waals surface area contributed by atoms with E-state index in [0.29, 0.717) is 0 Å². The third kappa shape index (κ3) is 2.78. The van der Waals surface area contributed by atoms with E-state index < -0.39 is 0 Å². The van der Waals surface area contributed by atoms with Gasteiger partial charge in [-0.3, -0.25) is 5.84 Å². The van der Waals surface area contributed by atoms with Gasteiger partial charge in [0.05, 0.1) is 7.11 Å². The second-order valence-electron chi connectivity index (χ2n) is 3.92. The molecule has 3 N–H and O–H groups in total. The number of aromatic nitrogens is 3. The molecule has 1 aromatic carbocycles. The number of hydrazine groups is 1. The van der Waals surface area contributed by atoms with Crippen LogP contribution in [0, 0.1) is 0 Å². The van der Waals surface area contributed by atoms with Gasteiger partial charge < -0.3 is 4.74 Å². The number of nitrogens with zero attached hydrogens (tertiary/aromatic N) is 3. The maximum absolute atomic E-state index is 5.69. The molecule has 0 aliphatic carbocycles. The van der Waals surface area contributed by atoms with Crippen LogP contribution >= 0.6 is 15.9 Å². The van der Waals surface area contributed by atoms with Crippen molar-refractivity contribution < 1.29 is 4.74 Å². The highest BCUT2D eigenvalue weighted by molar-refractivity contribution is 9.10. The molecule has 7 heteroatoms. The Hall–Kier alpha value is -1.44. The smallest absolute Gasteiger partial charge is 0.149 e. The second kappa shape index (κ2) is 6.14. The van der Waals surface area contributed by atoms with Crippen molar-refractivity contribution in [2.45, 2.75) is 19.5 Å². The van der Waals surface area contributed by atoms with Crippen molar-refractivity contribution in [1.82, 2.24) is 20.2 Å². The number of halogens is 1. The van der Waals surface area contributed by atoms with Crippen LogP contribution < -0.4 is 16.0 Å². The molecule has 102 valence electrons. The van der Waals surface area contributed by atoms with Gasteiger partial charge in [-0.2, -0.15) is 5.10 Å². The van der Waals surface area contributed by atoms with Crippen LogP contribution in [0.4, 0.5) is 0 Å². The number of benzene rings is 1. The topological polar surface area (TPSA) is 78.0 Å². The van der Waals surface area contributed by atoms with E-state index in [2.05, 4.69) is 31.4 Å². The molecule has 1 aromatic heterocycles. The fraction of sp³-hybridized carbons (Fsp3) is 0.333. The Morgan fingerprint density at radius 3 is 2.95 bits per heavy atom. The Morgan fingerprint density at radius 1 is 1.53 bits per heavy atom. The minimum absolute atomic E-state index is 0.257. The van der Waals surface area contributed by atoms with Crippen molar-refractivity contribution in [2.75, 3.05) is 7.11 Å². The molecular formula is C12H16BrN5O. The third-order valence-electron chi connectivity index (χ3n) is 2.88. The highest BCUT2D eigenvalue weighted by Crippen LogP contribution is 2.30. The lowest BCUT2D eigenvalue weighted by Crippen LogP contribution is -2.31. The van der Waals surface area contributed by atoms with Crippen molar-refractivity contribution in [3.05, 3.63) is 40.4 Å². The van der Waals surface area contributed by atoms with E-state index in [-0.39, 0.29) is 6.04 Å². The van der Waals surface area contributed by atoms with E-state index in [1.165, 1.54) is 6.33 Å². The van der Waals surface area contributed by atoms with Gasteiger partial charge in [0.1, 0.15) is 23.9 Å². The number of rotatable bonds is 5. The van der Waals surface area contributed by atoms with Crippen molar-refractivity contribution >= 4 is 15.9 Å². The number of nitrogens with two attached hydrogens (primary N) is 1. The Balaban J connectivity index is 2.47. The molecule has 0 saturated carbocycles. The van der Waals surface area contributed by atoms with E-state index in [9.17, 15) is 0 Å². The summed E-state index contributed by atoms with van der Waals surface area (Å²) in [6.45, 7) is 2.74. The van der Waals surface area contributed by atoms with Gasteiger partial charge in [-0.05, 0) is 30.7 Å². The molecule has 0 aliphatic heterocycles. The van der Waals surface area contributed by atoms with Crippen LogP contribution in [-0.4, -0.2) is 21.9 Å². The summed E-state index contributed by atoms with van der Waals surface area (Å²) in [5.41, 5.74) is 3.73. The summed E-state index contributed by atoms with van der Waals surface area (Å²) < 4.78 is 7.98. The molecule has 2 rings (SSSR count). The fourth-order valence-corrected chi connectivity index (χ4v) is 2.39. The molecule has 0 aliphatic rings. The zero-order chi connectivity index (χ0) is 13.8. The largest absolute Gasteiger partial charge is 0.497 e. The van der Waals surface area contributed by atoms with Gasteiger partial charge in [0.15, 0.2) is 0 Å². The van der Waals surface area contributed by atoms with Gasteiger partial charge in [0, 0.05) is 11.0 Å². The number of aryl methyl sites for hydroxylation is 1. The molecule has 0 saturated heterocycles. The number of hydrogen-bond donors (Lipinski definition) is 2. The van der Waals surface area contributed by atoms with Gasteiger partial charge in [-0.1, -0.05) is 15.9 Å². The monoisotopic (exact) mass is 325 g/mol. The highest BCUT2D eigenvalue weighted by atomic mass is 79.9. The summed E-state index contributed by atoms with van der Waals surface area (Å²) in [5.74, 6) is 7.22. The molecule has 1 unspecified atom stereocenters. The Kier molecular flexibility index (Phi) is 4.52. The van der Waals surface area contributed by atoms with Crippen LogP contribution in [0.25, 0.3) is 0 Å². The van der Waals surface area contributed by atoms with Crippen LogP contribution in [0.1, 0.15) is 24.4 Å². The Labute approximate surface area is 120 Å². The average molecular weight is 326 g/mol. The Morgan fingerprint density at radius 2 is 2.32 bits per heavy atom. The highest BCUT2D eigenvalue weighted by Gasteiger charge is 2.21. The predicted molar refractivity (Wildman–Crippen MR) is 75.6 cm³/mol. The van der Waals surface area contributed by atoms with E-state index in [4.69, 9.17) is 10.6 Å². The van der Waals surface area contributed by atoms with Crippen molar-refractivity contribution in [3.8, 4) is 5.75 Å². The maximum Gasteiger partial charge on any atom is 0.149 e. The average Bonchev–Trinajstić information content (AvgIpc) is 2.90. The number of nitrogens with one attached hydrogen (secondary N) is 1. The minimum Gasteiger partial charge on any atom is -0.497 e. The summed E-state index contributed by atoms with van der Waals surface area (Å²) in [4.78, 5) is 4.28. The van der Waals surface area contributed by atoms with Crippen LogP contribution in [0.3, 0.4) is 0 Å². The summed E-state index contributed by atoms with van der Waals surface area (Å²) >= 11 is 3.52. The summed E-state index contributed by atoms with van der Waals surface area (Å²) in [6.07, 6.45) is 1.53. The van der Waals surface area contributed by atoms with Crippen LogP contribution in [0.2, 0.25) is 0 Å².